The van der Waals surface area contributed by atoms with E-state index in [1.54, 1.807) is 24.3 Å². The second-order valence-electron chi connectivity index (χ2n) is 4.64. The molecular weight excluding hydrogens is 256 g/mol. The maximum atomic E-state index is 9.63. The molecule has 2 N–H and O–H groups in total. The van der Waals surface area contributed by atoms with Crippen molar-refractivity contribution < 1.29 is 19.7 Å². The third-order valence-corrected chi connectivity index (χ3v) is 2.83. The van der Waals surface area contributed by atoms with Crippen LogP contribution < -0.4 is 9.47 Å². The Balaban J connectivity index is 1.87. The Morgan fingerprint density at radius 2 is 1.15 bits per heavy atom. The van der Waals surface area contributed by atoms with Crippen molar-refractivity contribution >= 4 is 0 Å². The Hall–Kier alpha value is -2.36. The monoisotopic (exact) mass is 274 g/mol. The average molecular weight is 274 g/mol. The number of phenols is 2. The van der Waals surface area contributed by atoms with Crippen molar-refractivity contribution in [3.8, 4) is 23.0 Å². The highest BCUT2D eigenvalue weighted by Gasteiger charge is 2.04. The Kier molecular flexibility index (Phi) is 4.35. The van der Waals surface area contributed by atoms with E-state index in [2.05, 4.69) is 0 Å². The number of hydrogen-bond acceptors (Lipinski definition) is 4. The normalized spacial score (nSPS) is 10.3. The summed E-state index contributed by atoms with van der Waals surface area (Å²) < 4.78 is 10.9. The molecule has 0 heterocycles. The predicted molar refractivity (Wildman–Crippen MR) is 76.7 cm³/mol. The lowest BCUT2D eigenvalue weighted by molar-refractivity contribution is 0.207. The van der Waals surface area contributed by atoms with Gasteiger partial charge in [0.2, 0.25) is 0 Å². The molecule has 20 heavy (non-hydrogen) atoms. The minimum Gasteiger partial charge on any atom is -0.504 e. The van der Waals surface area contributed by atoms with Crippen LogP contribution in [-0.4, -0.2) is 23.4 Å². The van der Waals surface area contributed by atoms with Crippen LogP contribution in [-0.2, 0) is 0 Å². The molecular formula is C16H18O4. The summed E-state index contributed by atoms with van der Waals surface area (Å²) in [6, 6.07) is 10.3. The van der Waals surface area contributed by atoms with E-state index in [1.165, 1.54) is 0 Å². The molecule has 4 nitrogen and oxygen atoms in total. The topological polar surface area (TPSA) is 58.9 Å². The number of phenolic OH excluding ortho intramolecular Hbond substituents is 2. The fourth-order valence-electron chi connectivity index (χ4n) is 1.78. The van der Waals surface area contributed by atoms with Gasteiger partial charge in [-0.25, -0.2) is 0 Å². The minimum absolute atomic E-state index is 0.106. The van der Waals surface area contributed by atoms with Crippen molar-refractivity contribution in [3.05, 3.63) is 47.5 Å². The molecule has 0 spiro atoms. The summed E-state index contributed by atoms with van der Waals surface area (Å²) in [5.74, 6) is 1.08. The Labute approximate surface area is 118 Å². The van der Waals surface area contributed by atoms with Crippen molar-refractivity contribution in [2.75, 3.05) is 13.2 Å². The summed E-state index contributed by atoms with van der Waals surface area (Å²) >= 11 is 0. The highest BCUT2D eigenvalue weighted by molar-refractivity contribution is 5.42. The molecule has 2 rings (SSSR count). The van der Waals surface area contributed by atoms with Crippen LogP contribution in [0.4, 0.5) is 0 Å². The molecule has 0 atom stereocenters. The van der Waals surface area contributed by atoms with E-state index in [-0.39, 0.29) is 24.7 Å². The van der Waals surface area contributed by atoms with Gasteiger partial charge in [-0.05, 0) is 49.2 Å². The van der Waals surface area contributed by atoms with Crippen LogP contribution in [0.1, 0.15) is 11.1 Å². The molecule has 0 aliphatic heterocycles. The quantitative estimate of drug-likeness (QED) is 0.822. The lowest BCUT2D eigenvalue weighted by Crippen LogP contribution is -2.09. The summed E-state index contributed by atoms with van der Waals surface area (Å²) in [5.41, 5.74) is 2.02. The van der Waals surface area contributed by atoms with Gasteiger partial charge < -0.3 is 19.7 Å². The molecule has 106 valence electrons. The summed E-state index contributed by atoms with van der Waals surface area (Å²) in [6.07, 6.45) is 0. The van der Waals surface area contributed by atoms with Crippen LogP contribution in [0.15, 0.2) is 36.4 Å². The first kappa shape index (κ1) is 14.1. The number of hydrogen-bond donors (Lipinski definition) is 2. The first-order valence-electron chi connectivity index (χ1n) is 6.41. The van der Waals surface area contributed by atoms with Crippen molar-refractivity contribution in [2.45, 2.75) is 13.8 Å². The molecule has 0 bridgehead atoms. The zero-order valence-corrected chi connectivity index (χ0v) is 11.6. The molecule has 0 amide bonds. The largest absolute Gasteiger partial charge is 0.504 e. The van der Waals surface area contributed by atoms with Gasteiger partial charge in [0.25, 0.3) is 0 Å². The maximum absolute atomic E-state index is 9.63. The number of benzene rings is 2. The minimum atomic E-state index is 0.106. The second-order valence-corrected chi connectivity index (χ2v) is 4.64. The lowest BCUT2D eigenvalue weighted by Gasteiger charge is -2.11. The molecule has 0 aromatic heterocycles. The van der Waals surface area contributed by atoms with Crippen LogP contribution in [0, 0.1) is 13.8 Å². The van der Waals surface area contributed by atoms with E-state index in [9.17, 15) is 10.2 Å². The first-order valence-corrected chi connectivity index (χ1v) is 6.41. The summed E-state index contributed by atoms with van der Waals surface area (Å²) in [6.45, 7) is 4.41. The lowest BCUT2D eigenvalue weighted by atomic mass is 10.2. The molecule has 0 aliphatic carbocycles. The highest BCUT2D eigenvalue weighted by Crippen LogP contribution is 2.28. The van der Waals surface area contributed by atoms with Crippen molar-refractivity contribution in [2.24, 2.45) is 0 Å². The zero-order chi connectivity index (χ0) is 14.5. The van der Waals surface area contributed by atoms with Crippen molar-refractivity contribution in [1.82, 2.24) is 0 Å². The van der Waals surface area contributed by atoms with Gasteiger partial charge in [-0.15, -0.1) is 0 Å². The molecule has 0 unspecified atom stereocenters. The Bertz CT molecular complexity index is 540. The average Bonchev–Trinajstić information content (AvgIpc) is 2.42. The third-order valence-electron chi connectivity index (χ3n) is 2.83. The fourth-order valence-corrected chi connectivity index (χ4v) is 1.78. The van der Waals surface area contributed by atoms with Gasteiger partial charge in [-0.3, -0.25) is 0 Å². The van der Waals surface area contributed by atoms with Gasteiger partial charge in [0.05, 0.1) is 0 Å². The SMILES string of the molecule is Cc1ccc(O)c(OCCOc2cc(C)ccc2O)c1. The molecule has 0 fully saturated rings. The van der Waals surface area contributed by atoms with Gasteiger partial charge >= 0.3 is 0 Å². The van der Waals surface area contributed by atoms with E-state index < -0.39 is 0 Å². The number of ether oxygens (including phenoxy) is 2. The molecule has 2 aromatic rings. The molecule has 0 saturated carbocycles. The van der Waals surface area contributed by atoms with Crippen molar-refractivity contribution in [1.29, 1.82) is 0 Å². The van der Waals surface area contributed by atoms with Crippen LogP contribution >= 0.6 is 0 Å². The van der Waals surface area contributed by atoms with Crippen molar-refractivity contribution in [3.63, 3.8) is 0 Å². The standard InChI is InChI=1S/C16H18O4/c1-11-3-5-13(17)15(9-11)19-7-8-20-16-10-12(2)4-6-14(16)18/h3-6,9-10,17-18H,7-8H2,1-2H3. The number of aryl methyl sites for hydroxylation is 2. The van der Waals surface area contributed by atoms with Crippen LogP contribution in [0.5, 0.6) is 23.0 Å². The van der Waals surface area contributed by atoms with Gasteiger partial charge in [0.1, 0.15) is 13.2 Å². The zero-order valence-electron chi connectivity index (χ0n) is 11.6. The van der Waals surface area contributed by atoms with Crippen LogP contribution in [0.2, 0.25) is 0 Å². The van der Waals surface area contributed by atoms with Gasteiger partial charge in [0.15, 0.2) is 23.0 Å². The Morgan fingerprint density at radius 1 is 0.750 bits per heavy atom. The highest BCUT2D eigenvalue weighted by atomic mass is 16.5. The Morgan fingerprint density at radius 3 is 1.55 bits per heavy atom. The fraction of sp³-hybridized carbons (Fsp3) is 0.250. The van der Waals surface area contributed by atoms with Crippen LogP contribution in [0.25, 0.3) is 0 Å². The third kappa shape index (κ3) is 3.57. The van der Waals surface area contributed by atoms with E-state index in [0.717, 1.165) is 11.1 Å². The first-order chi connectivity index (χ1) is 9.56. The van der Waals surface area contributed by atoms with Gasteiger partial charge in [-0.1, -0.05) is 12.1 Å². The number of rotatable bonds is 5. The van der Waals surface area contributed by atoms with E-state index >= 15 is 0 Å². The smallest absolute Gasteiger partial charge is 0.161 e. The van der Waals surface area contributed by atoms with E-state index in [0.29, 0.717) is 11.5 Å². The maximum Gasteiger partial charge on any atom is 0.161 e. The molecule has 0 saturated heterocycles. The molecule has 2 aromatic carbocycles. The molecule has 0 aliphatic rings. The van der Waals surface area contributed by atoms with E-state index in [4.69, 9.17) is 9.47 Å². The second kappa shape index (κ2) is 6.19. The summed E-state index contributed by atoms with van der Waals surface area (Å²) in [5, 5.41) is 19.3. The summed E-state index contributed by atoms with van der Waals surface area (Å²) in [7, 11) is 0. The van der Waals surface area contributed by atoms with Gasteiger partial charge in [0, 0.05) is 0 Å². The predicted octanol–water partition coefficient (Wildman–Crippen LogP) is 3.17. The summed E-state index contributed by atoms with van der Waals surface area (Å²) in [4.78, 5) is 0. The number of aromatic hydroxyl groups is 2. The van der Waals surface area contributed by atoms with Gasteiger partial charge in [-0.2, -0.15) is 0 Å². The molecule has 0 radical (unpaired) electrons. The molecule has 4 heteroatoms. The van der Waals surface area contributed by atoms with E-state index in [1.807, 2.05) is 26.0 Å². The van der Waals surface area contributed by atoms with Crippen LogP contribution in [0.3, 0.4) is 0 Å².